The molecule has 1 atom stereocenters. The van der Waals surface area contributed by atoms with Gasteiger partial charge in [-0.15, -0.1) is 5.10 Å². The van der Waals surface area contributed by atoms with Crippen molar-refractivity contribution in [2.45, 2.75) is 45.8 Å². The third-order valence-corrected chi connectivity index (χ3v) is 5.09. The predicted molar refractivity (Wildman–Crippen MR) is 118 cm³/mol. The Morgan fingerprint density at radius 1 is 1.13 bits per heavy atom. The number of benzene rings is 2. The van der Waals surface area contributed by atoms with E-state index in [0.717, 1.165) is 17.1 Å². The van der Waals surface area contributed by atoms with Gasteiger partial charge in [-0.3, -0.25) is 9.59 Å². The smallest absolute Gasteiger partial charge is 0.276 e. The zero-order valence-corrected chi connectivity index (χ0v) is 18.7. The number of carbonyl (C=O) groups excluding carboxylic acids is 2. The molecule has 8 heteroatoms. The first-order chi connectivity index (χ1) is 14.7. The largest absolute Gasteiger partial charge is 0.349 e. The van der Waals surface area contributed by atoms with E-state index in [1.54, 1.807) is 18.2 Å². The highest BCUT2D eigenvalue weighted by Gasteiger charge is 2.35. The first kappa shape index (κ1) is 22.6. The van der Waals surface area contributed by atoms with Crippen molar-refractivity contribution in [2.24, 2.45) is 0 Å². The number of rotatable bonds is 6. The van der Waals surface area contributed by atoms with Crippen LogP contribution in [0.15, 0.2) is 53.9 Å². The van der Waals surface area contributed by atoms with Crippen LogP contribution in [0.5, 0.6) is 0 Å². The van der Waals surface area contributed by atoms with E-state index in [4.69, 9.17) is 0 Å². The van der Waals surface area contributed by atoms with E-state index < -0.39 is 23.3 Å². The summed E-state index contributed by atoms with van der Waals surface area (Å²) in [6.45, 7) is 7.44. The Balaban J connectivity index is 2.10. The van der Waals surface area contributed by atoms with Gasteiger partial charge in [0.05, 0.1) is 6.54 Å². The van der Waals surface area contributed by atoms with E-state index >= 15 is 0 Å². The van der Waals surface area contributed by atoms with Gasteiger partial charge in [-0.1, -0.05) is 52.5 Å². The number of nitrogens with zero attached hydrogens (tertiary/aromatic N) is 3. The molecule has 0 aliphatic carbocycles. The number of amides is 2. The highest BCUT2D eigenvalue weighted by Crippen LogP contribution is 2.27. The fraction of sp³-hybridized carbons (Fsp3) is 0.304. The molecule has 0 radical (unpaired) electrons. The van der Waals surface area contributed by atoms with Crippen LogP contribution in [0.2, 0.25) is 0 Å². The summed E-state index contributed by atoms with van der Waals surface area (Å²) in [7, 11) is 0. The van der Waals surface area contributed by atoms with Gasteiger partial charge in [-0.2, -0.15) is 0 Å². The molecule has 1 N–H and O–H groups in total. The lowest BCUT2D eigenvalue weighted by molar-refractivity contribution is -0.127. The van der Waals surface area contributed by atoms with Gasteiger partial charge >= 0.3 is 0 Å². The minimum absolute atomic E-state index is 0.0981. The van der Waals surface area contributed by atoms with E-state index in [9.17, 15) is 14.0 Å². The van der Waals surface area contributed by atoms with Crippen molar-refractivity contribution >= 4 is 23.3 Å². The lowest BCUT2D eigenvalue weighted by Gasteiger charge is -2.33. The number of aromatic nitrogens is 2. The van der Waals surface area contributed by atoms with Crippen LogP contribution in [0.4, 0.5) is 4.39 Å². The molecule has 3 rings (SSSR count). The van der Waals surface area contributed by atoms with Crippen molar-refractivity contribution in [3.63, 3.8) is 0 Å². The molecule has 0 spiro atoms. The molecule has 0 saturated carbocycles. The molecule has 6 nitrogen and oxygen atoms in total. The predicted octanol–water partition coefficient (Wildman–Crippen LogP) is 4.28. The highest BCUT2D eigenvalue weighted by atomic mass is 32.1. The minimum atomic E-state index is -0.978. The Bertz CT molecular complexity index is 1050. The average molecular weight is 441 g/mol. The van der Waals surface area contributed by atoms with Crippen LogP contribution in [0.25, 0.3) is 0 Å². The molecule has 0 bridgehead atoms. The summed E-state index contributed by atoms with van der Waals surface area (Å²) in [5.41, 5.74) is 1.55. The third kappa shape index (κ3) is 5.73. The second-order valence-electron chi connectivity index (χ2n) is 8.37. The summed E-state index contributed by atoms with van der Waals surface area (Å²) < 4.78 is 18.3. The van der Waals surface area contributed by atoms with Gasteiger partial charge in [-0.05, 0) is 50.9 Å². The van der Waals surface area contributed by atoms with Gasteiger partial charge in [-0.25, -0.2) is 4.39 Å². The topological polar surface area (TPSA) is 75.2 Å². The van der Waals surface area contributed by atoms with Gasteiger partial charge in [0.15, 0.2) is 5.69 Å². The third-order valence-electron chi connectivity index (χ3n) is 4.59. The van der Waals surface area contributed by atoms with Crippen molar-refractivity contribution in [2.75, 3.05) is 0 Å². The Kier molecular flexibility index (Phi) is 6.80. The molecule has 0 saturated heterocycles. The van der Waals surface area contributed by atoms with E-state index in [1.165, 1.54) is 16.3 Å². The SMILES string of the molecule is Cc1ccc([C@@H](C(=O)NC(C)(C)C)N(Cc2ccccc2F)C(=O)c2csnn2)cc1. The molecule has 162 valence electrons. The number of hydrogen-bond donors (Lipinski definition) is 1. The molecule has 0 fully saturated rings. The molecule has 2 amide bonds. The van der Waals surface area contributed by atoms with Gasteiger partial charge in [0, 0.05) is 16.5 Å². The lowest BCUT2D eigenvalue weighted by atomic mass is 9.99. The summed E-state index contributed by atoms with van der Waals surface area (Å²) in [4.78, 5) is 28.2. The summed E-state index contributed by atoms with van der Waals surface area (Å²) in [6, 6.07) is 12.6. The van der Waals surface area contributed by atoms with Crippen LogP contribution in [0.1, 0.15) is 54.0 Å². The summed E-state index contributed by atoms with van der Waals surface area (Å²) >= 11 is 1.04. The zero-order chi connectivity index (χ0) is 22.6. The summed E-state index contributed by atoms with van der Waals surface area (Å²) in [5.74, 6) is -1.30. The first-order valence-electron chi connectivity index (χ1n) is 9.86. The monoisotopic (exact) mass is 440 g/mol. The number of hydrogen-bond acceptors (Lipinski definition) is 5. The van der Waals surface area contributed by atoms with Crippen molar-refractivity contribution < 1.29 is 14.0 Å². The maximum absolute atomic E-state index is 14.5. The number of nitrogens with one attached hydrogen (secondary N) is 1. The first-order valence-corrected chi connectivity index (χ1v) is 10.7. The van der Waals surface area contributed by atoms with E-state index in [1.807, 2.05) is 52.0 Å². The van der Waals surface area contributed by atoms with Crippen LogP contribution < -0.4 is 5.32 Å². The standard InChI is InChI=1S/C23H25FN4O2S/c1-15-9-11-16(12-10-15)20(21(29)25-23(2,3)4)28(22(30)19-14-31-27-26-19)13-17-7-5-6-8-18(17)24/h5-12,14,20H,13H2,1-4H3,(H,25,29)/t20-/m0/s1. The molecular weight excluding hydrogens is 415 g/mol. The van der Waals surface area contributed by atoms with Crippen molar-refractivity contribution in [1.82, 2.24) is 19.8 Å². The van der Waals surface area contributed by atoms with E-state index in [2.05, 4.69) is 14.9 Å². The fourth-order valence-electron chi connectivity index (χ4n) is 3.15. The molecule has 2 aromatic carbocycles. The Hall–Kier alpha value is -3.13. The molecule has 0 aliphatic heterocycles. The molecular formula is C23H25FN4O2S. The van der Waals surface area contributed by atoms with Gasteiger partial charge in [0.1, 0.15) is 11.9 Å². The second-order valence-corrected chi connectivity index (χ2v) is 8.98. The van der Waals surface area contributed by atoms with E-state index in [0.29, 0.717) is 11.1 Å². The van der Waals surface area contributed by atoms with Gasteiger partial charge < -0.3 is 10.2 Å². The molecule has 1 heterocycles. The maximum atomic E-state index is 14.5. The number of aryl methyl sites for hydroxylation is 1. The maximum Gasteiger partial charge on any atom is 0.276 e. The van der Waals surface area contributed by atoms with Crippen LogP contribution in [0.3, 0.4) is 0 Å². The molecule has 3 aromatic rings. The quantitative estimate of drug-likeness (QED) is 0.621. The van der Waals surface area contributed by atoms with E-state index in [-0.39, 0.29) is 18.1 Å². The Labute approximate surface area is 185 Å². The van der Waals surface area contributed by atoms with Crippen LogP contribution >= 0.6 is 11.5 Å². The van der Waals surface area contributed by atoms with Crippen LogP contribution in [-0.4, -0.2) is 31.8 Å². The molecule has 1 aromatic heterocycles. The van der Waals surface area contributed by atoms with Gasteiger partial charge in [0.2, 0.25) is 5.91 Å². The molecule has 0 unspecified atom stereocenters. The minimum Gasteiger partial charge on any atom is -0.349 e. The average Bonchev–Trinajstić information content (AvgIpc) is 3.23. The molecule has 31 heavy (non-hydrogen) atoms. The second kappa shape index (κ2) is 9.34. The Morgan fingerprint density at radius 2 is 1.81 bits per heavy atom. The summed E-state index contributed by atoms with van der Waals surface area (Å²) in [6.07, 6.45) is 0. The summed E-state index contributed by atoms with van der Waals surface area (Å²) in [5, 5.41) is 8.35. The zero-order valence-electron chi connectivity index (χ0n) is 17.9. The van der Waals surface area contributed by atoms with Gasteiger partial charge in [0.25, 0.3) is 5.91 Å². The van der Waals surface area contributed by atoms with Crippen molar-refractivity contribution in [3.8, 4) is 0 Å². The number of halogens is 1. The highest BCUT2D eigenvalue weighted by molar-refractivity contribution is 7.03. The fourth-order valence-corrected chi connectivity index (χ4v) is 3.59. The normalized spacial score (nSPS) is 12.3. The number of carbonyl (C=O) groups is 2. The van der Waals surface area contributed by atoms with Crippen LogP contribution in [-0.2, 0) is 11.3 Å². The molecule has 0 aliphatic rings. The van der Waals surface area contributed by atoms with Crippen LogP contribution in [0, 0.1) is 12.7 Å². The van der Waals surface area contributed by atoms with Crippen molar-refractivity contribution in [3.05, 3.63) is 82.1 Å². The van der Waals surface area contributed by atoms with Crippen molar-refractivity contribution in [1.29, 1.82) is 0 Å². The Morgan fingerprint density at radius 3 is 2.39 bits per heavy atom. The lowest BCUT2D eigenvalue weighted by Crippen LogP contribution is -2.49.